The maximum Gasteiger partial charge on any atom is 0.407 e. The number of nitrogens with zero attached hydrogens (tertiary/aromatic N) is 1. The Labute approximate surface area is 66.1 Å². The van der Waals surface area contributed by atoms with Crippen molar-refractivity contribution in [2.45, 2.75) is 25.8 Å². The number of amides is 1. The number of nitrogens with one attached hydrogen (secondary N) is 1. The summed E-state index contributed by atoms with van der Waals surface area (Å²) in [5.74, 6) is 0. The second-order valence-corrected chi connectivity index (χ2v) is 2.10. The molecule has 4 nitrogen and oxygen atoms in total. The van der Waals surface area contributed by atoms with Crippen LogP contribution in [0.15, 0.2) is 0 Å². The van der Waals surface area contributed by atoms with E-state index < -0.39 is 6.09 Å². The van der Waals surface area contributed by atoms with E-state index in [9.17, 15) is 4.79 Å². The van der Waals surface area contributed by atoms with Crippen molar-refractivity contribution in [1.29, 1.82) is 5.26 Å². The van der Waals surface area contributed by atoms with Gasteiger partial charge in [0.15, 0.2) is 0 Å². The quantitative estimate of drug-likeness (QED) is 0.663. The number of rotatable bonds is 3. The molecule has 0 radical (unpaired) electrons. The summed E-state index contributed by atoms with van der Waals surface area (Å²) in [6, 6.07) is 1.89. The molecule has 0 fully saturated rings. The summed E-state index contributed by atoms with van der Waals surface area (Å²) < 4.78 is 4.37. The predicted molar refractivity (Wildman–Crippen MR) is 39.8 cm³/mol. The van der Waals surface area contributed by atoms with Gasteiger partial charge in [-0.2, -0.15) is 5.26 Å². The van der Waals surface area contributed by atoms with E-state index in [-0.39, 0.29) is 6.04 Å². The highest BCUT2D eigenvalue weighted by Gasteiger charge is 2.08. The van der Waals surface area contributed by atoms with E-state index in [0.717, 1.165) is 6.42 Å². The first-order chi connectivity index (χ1) is 5.24. The third-order valence-electron chi connectivity index (χ3n) is 1.34. The lowest BCUT2D eigenvalue weighted by Crippen LogP contribution is -2.33. The van der Waals surface area contributed by atoms with Crippen LogP contribution in [0.5, 0.6) is 0 Å². The van der Waals surface area contributed by atoms with Crippen LogP contribution in [0.1, 0.15) is 19.8 Å². The molecule has 0 aliphatic carbocycles. The highest BCUT2D eigenvalue weighted by molar-refractivity contribution is 5.67. The molecule has 0 saturated heterocycles. The summed E-state index contributed by atoms with van der Waals surface area (Å²) in [6.45, 7) is 1.90. The SMILES string of the molecule is CCC(CC#N)NC(=O)OC. The first-order valence-electron chi connectivity index (χ1n) is 3.46. The Morgan fingerprint density at radius 1 is 1.82 bits per heavy atom. The van der Waals surface area contributed by atoms with E-state index in [2.05, 4.69) is 10.1 Å². The number of carbonyl (C=O) groups excluding carboxylic acids is 1. The Kier molecular flexibility index (Phi) is 4.91. The molecule has 1 amide bonds. The smallest absolute Gasteiger partial charge is 0.407 e. The lowest BCUT2D eigenvalue weighted by Gasteiger charge is -2.11. The standard InChI is InChI=1S/C7H12N2O2/c1-3-6(4-5-8)9-7(10)11-2/h6H,3-4H2,1-2H3,(H,9,10). The Balaban J connectivity index is 3.70. The molecule has 0 heterocycles. The largest absolute Gasteiger partial charge is 0.453 e. The first-order valence-corrected chi connectivity index (χ1v) is 3.46. The van der Waals surface area contributed by atoms with Crippen molar-refractivity contribution in [2.24, 2.45) is 0 Å². The van der Waals surface area contributed by atoms with Crippen molar-refractivity contribution in [3.8, 4) is 6.07 Å². The predicted octanol–water partition coefficient (Wildman–Crippen LogP) is 1.03. The van der Waals surface area contributed by atoms with Gasteiger partial charge in [0.2, 0.25) is 0 Å². The molecular weight excluding hydrogens is 144 g/mol. The van der Waals surface area contributed by atoms with E-state index in [4.69, 9.17) is 5.26 Å². The number of hydrogen-bond donors (Lipinski definition) is 1. The molecule has 1 unspecified atom stereocenters. The van der Waals surface area contributed by atoms with Crippen LogP contribution in [-0.4, -0.2) is 19.2 Å². The molecule has 0 aromatic rings. The molecule has 0 aromatic carbocycles. The third kappa shape index (κ3) is 4.20. The third-order valence-corrected chi connectivity index (χ3v) is 1.34. The van der Waals surface area contributed by atoms with Gasteiger partial charge in [0.25, 0.3) is 0 Å². The molecule has 4 heteroatoms. The lowest BCUT2D eigenvalue weighted by atomic mass is 10.2. The van der Waals surface area contributed by atoms with E-state index in [1.165, 1.54) is 7.11 Å². The summed E-state index contributed by atoms with van der Waals surface area (Å²) >= 11 is 0. The number of carbonyl (C=O) groups is 1. The average Bonchev–Trinajstić information content (AvgIpc) is 2.03. The highest BCUT2D eigenvalue weighted by Crippen LogP contribution is 1.95. The van der Waals surface area contributed by atoms with E-state index in [1.54, 1.807) is 0 Å². The summed E-state index contributed by atoms with van der Waals surface area (Å²) in [5.41, 5.74) is 0. The minimum absolute atomic E-state index is 0.0903. The van der Waals surface area contributed by atoms with Crippen LogP contribution in [0.25, 0.3) is 0 Å². The van der Waals surface area contributed by atoms with Crippen LogP contribution in [0, 0.1) is 11.3 Å². The van der Waals surface area contributed by atoms with Crippen LogP contribution < -0.4 is 5.32 Å². The zero-order chi connectivity index (χ0) is 8.69. The fraction of sp³-hybridized carbons (Fsp3) is 0.714. The molecule has 0 aliphatic rings. The Bertz CT molecular complexity index is 162. The minimum Gasteiger partial charge on any atom is -0.453 e. The van der Waals surface area contributed by atoms with Gasteiger partial charge >= 0.3 is 6.09 Å². The summed E-state index contributed by atoms with van der Waals surface area (Å²) in [6.07, 6.45) is 0.584. The lowest BCUT2D eigenvalue weighted by molar-refractivity contribution is 0.166. The zero-order valence-electron chi connectivity index (χ0n) is 6.76. The van der Waals surface area contributed by atoms with E-state index >= 15 is 0 Å². The summed E-state index contributed by atoms with van der Waals surface area (Å²) in [7, 11) is 1.30. The Morgan fingerprint density at radius 3 is 2.82 bits per heavy atom. The van der Waals surface area contributed by atoms with Crippen molar-refractivity contribution in [2.75, 3.05) is 7.11 Å². The molecule has 0 rings (SSSR count). The van der Waals surface area contributed by atoms with Crippen molar-refractivity contribution in [1.82, 2.24) is 5.32 Å². The minimum atomic E-state index is -0.480. The molecule has 0 spiro atoms. The number of hydrogen-bond acceptors (Lipinski definition) is 3. The number of alkyl carbamates (subject to hydrolysis) is 1. The normalized spacial score (nSPS) is 11.4. The number of methoxy groups -OCH3 is 1. The Morgan fingerprint density at radius 2 is 2.45 bits per heavy atom. The van der Waals surface area contributed by atoms with Gasteiger partial charge < -0.3 is 10.1 Å². The molecule has 0 aliphatic heterocycles. The summed E-state index contributed by atoms with van der Waals surface area (Å²) in [5, 5.41) is 10.8. The van der Waals surface area contributed by atoms with E-state index in [0.29, 0.717) is 6.42 Å². The molecule has 1 atom stereocenters. The average molecular weight is 156 g/mol. The fourth-order valence-corrected chi connectivity index (χ4v) is 0.633. The van der Waals surface area contributed by atoms with Crippen LogP contribution in [0.3, 0.4) is 0 Å². The van der Waals surface area contributed by atoms with Gasteiger partial charge in [-0.3, -0.25) is 0 Å². The molecule has 0 saturated carbocycles. The number of nitriles is 1. The molecule has 11 heavy (non-hydrogen) atoms. The Hall–Kier alpha value is -1.24. The molecule has 1 N–H and O–H groups in total. The second-order valence-electron chi connectivity index (χ2n) is 2.10. The van der Waals surface area contributed by atoms with Gasteiger partial charge in [0.05, 0.1) is 19.6 Å². The molecule has 0 aromatic heterocycles. The van der Waals surface area contributed by atoms with Gasteiger partial charge in [0, 0.05) is 6.04 Å². The second kappa shape index (κ2) is 5.54. The zero-order valence-corrected chi connectivity index (χ0v) is 6.76. The first kappa shape index (κ1) is 9.76. The van der Waals surface area contributed by atoms with E-state index in [1.807, 2.05) is 13.0 Å². The van der Waals surface area contributed by atoms with Gasteiger partial charge in [-0.05, 0) is 6.42 Å². The maximum atomic E-state index is 10.6. The van der Waals surface area contributed by atoms with Crippen molar-refractivity contribution in [3.05, 3.63) is 0 Å². The molecular formula is C7H12N2O2. The van der Waals surface area contributed by atoms with Crippen LogP contribution in [-0.2, 0) is 4.74 Å². The van der Waals surface area contributed by atoms with Crippen molar-refractivity contribution < 1.29 is 9.53 Å². The van der Waals surface area contributed by atoms with Gasteiger partial charge in [-0.15, -0.1) is 0 Å². The maximum absolute atomic E-state index is 10.6. The monoisotopic (exact) mass is 156 g/mol. The van der Waals surface area contributed by atoms with Gasteiger partial charge in [-0.1, -0.05) is 6.92 Å². The fourth-order valence-electron chi connectivity index (χ4n) is 0.633. The topological polar surface area (TPSA) is 62.1 Å². The highest BCUT2D eigenvalue weighted by atomic mass is 16.5. The van der Waals surface area contributed by atoms with Gasteiger partial charge in [0.1, 0.15) is 0 Å². The van der Waals surface area contributed by atoms with Crippen LogP contribution in [0.2, 0.25) is 0 Å². The molecule has 62 valence electrons. The molecule has 0 bridgehead atoms. The van der Waals surface area contributed by atoms with Gasteiger partial charge in [-0.25, -0.2) is 4.79 Å². The number of ether oxygens (including phenoxy) is 1. The summed E-state index contributed by atoms with van der Waals surface area (Å²) in [4.78, 5) is 10.6. The van der Waals surface area contributed by atoms with Crippen LogP contribution in [0.4, 0.5) is 4.79 Å². The van der Waals surface area contributed by atoms with Crippen molar-refractivity contribution in [3.63, 3.8) is 0 Å². The van der Waals surface area contributed by atoms with Crippen LogP contribution >= 0.6 is 0 Å². The van der Waals surface area contributed by atoms with Crippen molar-refractivity contribution >= 4 is 6.09 Å².